The van der Waals surface area contributed by atoms with Crippen molar-refractivity contribution in [3.63, 3.8) is 0 Å². The van der Waals surface area contributed by atoms with Gasteiger partial charge < -0.3 is 4.52 Å². The molecule has 0 bridgehead atoms. The van der Waals surface area contributed by atoms with E-state index in [0.29, 0.717) is 6.61 Å². The summed E-state index contributed by atoms with van der Waals surface area (Å²) in [6, 6.07) is 0. The first-order valence-corrected chi connectivity index (χ1v) is 7.99. The fourth-order valence-corrected chi connectivity index (χ4v) is 2.64. The number of rotatable bonds is 11. The summed E-state index contributed by atoms with van der Waals surface area (Å²) in [5.74, 6) is 0. The van der Waals surface area contributed by atoms with Gasteiger partial charge in [0.05, 0.1) is 6.61 Å². The van der Waals surface area contributed by atoms with Crippen molar-refractivity contribution >= 4 is 8.03 Å². The standard InChI is InChI=1S/C12H27O2P/c1-3-5-6-7-8-9-10-11-12-15(13)14-4-2/h15H,3-12H2,1-2H3. The van der Waals surface area contributed by atoms with Gasteiger partial charge in [0.2, 0.25) is 0 Å². The molecule has 0 radical (unpaired) electrons. The van der Waals surface area contributed by atoms with Gasteiger partial charge in [-0.3, -0.25) is 4.57 Å². The minimum atomic E-state index is -1.69. The van der Waals surface area contributed by atoms with Crippen LogP contribution in [0.1, 0.15) is 65.2 Å². The Morgan fingerprint density at radius 3 is 1.93 bits per heavy atom. The molecule has 0 heterocycles. The zero-order valence-electron chi connectivity index (χ0n) is 10.4. The van der Waals surface area contributed by atoms with E-state index in [-0.39, 0.29) is 0 Å². The molecule has 0 amide bonds. The monoisotopic (exact) mass is 234 g/mol. The molecule has 0 aliphatic rings. The predicted molar refractivity (Wildman–Crippen MR) is 68.1 cm³/mol. The van der Waals surface area contributed by atoms with Gasteiger partial charge in [-0.15, -0.1) is 0 Å². The van der Waals surface area contributed by atoms with Crippen LogP contribution in [0.2, 0.25) is 0 Å². The lowest BCUT2D eigenvalue weighted by molar-refractivity contribution is 0.349. The first kappa shape index (κ1) is 15.2. The largest absolute Gasteiger partial charge is 0.331 e. The summed E-state index contributed by atoms with van der Waals surface area (Å²) in [7, 11) is -1.69. The highest BCUT2D eigenvalue weighted by Gasteiger charge is 1.97. The summed E-state index contributed by atoms with van der Waals surface area (Å²) in [6.07, 6.45) is 11.2. The molecule has 92 valence electrons. The van der Waals surface area contributed by atoms with Crippen LogP contribution in [0.4, 0.5) is 0 Å². The second-order valence-electron chi connectivity index (χ2n) is 4.03. The smallest absolute Gasteiger partial charge is 0.191 e. The summed E-state index contributed by atoms with van der Waals surface area (Å²) in [4.78, 5) is 0. The van der Waals surface area contributed by atoms with E-state index in [1.54, 1.807) is 0 Å². The molecular formula is C12H27O2P. The quantitative estimate of drug-likeness (QED) is 0.384. The minimum Gasteiger partial charge on any atom is -0.331 e. The second-order valence-corrected chi connectivity index (χ2v) is 5.56. The molecular weight excluding hydrogens is 207 g/mol. The number of hydrogen-bond donors (Lipinski definition) is 0. The first-order chi connectivity index (χ1) is 7.31. The van der Waals surface area contributed by atoms with Crippen LogP contribution in [-0.2, 0) is 9.09 Å². The Morgan fingerprint density at radius 2 is 1.40 bits per heavy atom. The summed E-state index contributed by atoms with van der Waals surface area (Å²) in [5, 5.41) is 0. The summed E-state index contributed by atoms with van der Waals surface area (Å²) >= 11 is 0. The van der Waals surface area contributed by atoms with Crippen molar-refractivity contribution in [2.75, 3.05) is 12.8 Å². The van der Waals surface area contributed by atoms with Gasteiger partial charge in [-0.25, -0.2) is 0 Å². The Kier molecular flexibility index (Phi) is 12.4. The van der Waals surface area contributed by atoms with Crippen molar-refractivity contribution in [2.45, 2.75) is 65.2 Å². The van der Waals surface area contributed by atoms with Crippen LogP contribution in [0.15, 0.2) is 0 Å². The third-order valence-electron chi connectivity index (χ3n) is 2.54. The third kappa shape index (κ3) is 12.1. The van der Waals surface area contributed by atoms with Gasteiger partial charge in [-0.1, -0.05) is 51.9 Å². The van der Waals surface area contributed by atoms with Crippen LogP contribution < -0.4 is 0 Å². The van der Waals surface area contributed by atoms with E-state index in [2.05, 4.69) is 6.92 Å². The van der Waals surface area contributed by atoms with Crippen LogP contribution in [-0.4, -0.2) is 12.8 Å². The fourth-order valence-electron chi connectivity index (χ4n) is 1.64. The topological polar surface area (TPSA) is 26.3 Å². The van der Waals surface area contributed by atoms with Crippen molar-refractivity contribution in [2.24, 2.45) is 0 Å². The molecule has 0 aliphatic carbocycles. The van der Waals surface area contributed by atoms with Crippen molar-refractivity contribution in [3.8, 4) is 0 Å². The van der Waals surface area contributed by atoms with Gasteiger partial charge in [0.25, 0.3) is 0 Å². The molecule has 0 aliphatic heterocycles. The van der Waals surface area contributed by atoms with Crippen LogP contribution in [0, 0.1) is 0 Å². The number of unbranched alkanes of at least 4 members (excludes halogenated alkanes) is 7. The van der Waals surface area contributed by atoms with Gasteiger partial charge in [0.1, 0.15) is 0 Å². The highest BCUT2D eigenvalue weighted by molar-refractivity contribution is 7.39. The van der Waals surface area contributed by atoms with Crippen LogP contribution in [0.25, 0.3) is 0 Å². The second kappa shape index (κ2) is 12.3. The lowest BCUT2D eigenvalue weighted by Gasteiger charge is -2.02. The van der Waals surface area contributed by atoms with E-state index in [9.17, 15) is 4.57 Å². The Hall–Kier alpha value is 0.190. The summed E-state index contributed by atoms with van der Waals surface area (Å²) in [5.41, 5.74) is 0. The Balaban J connectivity index is 3.01. The highest BCUT2D eigenvalue weighted by atomic mass is 31.1. The van der Waals surface area contributed by atoms with Gasteiger partial charge in [-0.05, 0) is 13.3 Å². The lowest BCUT2D eigenvalue weighted by atomic mass is 10.1. The molecule has 0 aromatic heterocycles. The van der Waals surface area contributed by atoms with E-state index < -0.39 is 8.03 Å². The molecule has 0 spiro atoms. The maximum Gasteiger partial charge on any atom is 0.191 e. The van der Waals surface area contributed by atoms with Gasteiger partial charge in [-0.2, -0.15) is 0 Å². The van der Waals surface area contributed by atoms with Crippen molar-refractivity contribution < 1.29 is 9.09 Å². The van der Waals surface area contributed by atoms with E-state index in [4.69, 9.17) is 4.52 Å². The molecule has 0 saturated carbocycles. The zero-order valence-corrected chi connectivity index (χ0v) is 11.4. The van der Waals surface area contributed by atoms with Crippen LogP contribution in [0.5, 0.6) is 0 Å². The minimum absolute atomic E-state index is 0.592. The summed E-state index contributed by atoms with van der Waals surface area (Å²) < 4.78 is 16.2. The van der Waals surface area contributed by atoms with Crippen molar-refractivity contribution in [1.29, 1.82) is 0 Å². The Bertz CT molecular complexity index is 149. The maximum atomic E-state index is 11.2. The van der Waals surface area contributed by atoms with Gasteiger partial charge in [0, 0.05) is 6.16 Å². The van der Waals surface area contributed by atoms with Crippen LogP contribution in [0.3, 0.4) is 0 Å². The van der Waals surface area contributed by atoms with E-state index >= 15 is 0 Å². The lowest BCUT2D eigenvalue weighted by Crippen LogP contribution is -1.85. The normalized spacial score (nSPS) is 12.9. The molecule has 1 unspecified atom stereocenters. The van der Waals surface area contributed by atoms with Crippen LogP contribution >= 0.6 is 8.03 Å². The molecule has 0 N–H and O–H groups in total. The highest BCUT2D eigenvalue weighted by Crippen LogP contribution is 2.23. The molecule has 0 saturated heterocycles. The van der Waals surface area contributed by atoms with E-state index in [1.807, 2.05) is 6.92 Å². The van der Waals surface area contributed by atoms with E-state index in [1.165, 1.54) is 44.9 Å². The zero-order chi connectivity index (χ0) is 11.4. The average Bonchev–Trinajstić information content (AvgIpc) is 2.22. The summed E-state index contributed by atoms with van der Waals surface area (Å²) in [6.45, 7) is 4.73. The third-order valence-corrected chi connectivity index (χ3v) is 3.91. The molecule has 2 nitrogen and oxygen atoms in total. The maximum absolute atomic E-state index is 11.2. The molecule has 15 heavy (non-hydrogen) atoms. The molecule has 3 heteroatoms. The molecule has 0 fully saturated rings. The van der Waals surface area contributed by atoms with Crippen molar-refractivity contribution in [1.82, 2.24) is 0 Å². The molecule has 0 aromatic carbocycles. The average molecular weight is 234 g/mol. The van der Waals surface area contributed by atoms with Crippen molar-refractivity contribution in [3.05, 3.63) is 0 Å². The molecule has 0 rings (SSSR count). The van der Waals surface area contributed by atoms with Gasteiger partial charge in [0.15, 0.2) is 8.03 Å². The number of hydrogen-bond acceptors (Lipinski definition) is 2. The molecule has 1 atom stereocenters. The Labute approximate surface area is 95.7 Å². The predicted octanol–water partition coefficient (Wildman–Crippen LogP) is 4.64. The fraction of sp³-hybridized carbons (Fsp3) is 1.00. The SMILES string of the molecule is CCCCCCCCCC[PH](=O)OCC. The van der Waals surface area contributed by atoms with E-state index in [0.717, 1.165) is 12.6 Å². The molecule has 0 aromatic rings. The first-order valence-electron chi connectivity index (χ1n) is 6.46. The Morgan fingerprint density at radius 1 is 0.867 bits per heavy atom. The van der Waals surface area contributed by atoms with Gasteiger partial charge >= 0.3 is 0 Å².